The molecule has 0 radical (unpaired) electrons. The molecule has 90 valence electrons. The molecule has 0 N–H and O–H groups in total. The summed E-state index contributed by atoms with van der Waals surface area (Å²) >= 11 is 0. The lowest BCUT2D eigenvalue weighted by Crippen LogP contribution is -2.48. The summed E-state index contributed by atoms with van der Waals surface area (Å²) in [6.07, 6.45) is -0.599. The van der Waals surface area contributed by atoms with Gasteiger partial charge in [-0.15, -0.1) is 0 Å². The van der Waals surface area contributed by atoms with Gasteiger partial charge in [0, 0.05) is 5.56 Å². The Balaban J connectivity index is 1.96. The topological polar surface area (TPSA) is 29.5 Å². The van der Waals surface area contributed by atoms with Gasteiger partial charge >= 0.3 is 6.09 Å². The fourth-order valence-corrected chi connectivity index (χ4v) is 2.14. The van der Waals surface area contributed by atoms with Crippen LogP contribution in [0.5, 0.6) is 0 Å². The minimum absolute atomic E-state index is 0.293. The Labute approximate surface area is 106 Å². The lowest BCUT2D eigenvalue weighted by molar-refractivity contribution is 0.0429. The third-order valence-corrected chi connectivity index (χ3v) is 3.10. The largest absolute Gasteiger partial charge is 0.420 e. The molecule has 1 fully saturated rings. The van der Waals surface area contributed by atoms with Gasteiger partial charge in [0.25, 0.3) is 0 Å². The van der Waals surface area contributed by atoms with Gasteiger partial charge in [-0.3, -0.25) is 0 Å². The minimum Gasteiger partial charge on any atom is -0.420 e. The van der Waals surface area contributed by atoms with Crippen molar-refractivity contribution >= 4 is 11.8 Å². The number of carbonyl (C=O) groups excluding carboxylic acids is 1. The second-order valence-corrected chi connectivity index (χ2v) is 4.30. The van der Waals surface area contributed by atoms with E-state index in [1.807, 2.05) is 61.5 Å². The van der Waals surface area contributed by atoms with Crippen LogP contribution in [0, 0.1) is 6.92 Å². The van der Waals surface area contributed by atoms with Crippen molar-refractivity contribution in [2.24, 2.45) is 0 Å². The molecule has 1 amide bonds. The van der Waals surface area contributed by atoms with E-state index in [0.29, 0.717) is 0 Å². The number of hydrogen-bond donors (Lipinski definition) is 0. The van der Waals surface area contributed by atoms with Crippen LogP contribution in [-0.2, 0) is 4.74 Å². The highest BCUT2D eigenvalue weighted by molar-refractivity contribution is 5.94. The SMILES string of the molecule is Cc1ccccc1N1C(=O)OC1c1ccccc1. The molecule has 3 rings (SSSR count). The molecular formula is C15H13NO2. The maximum absolute atomic E-state index is 11.7. The summed E-state index contributed by atoms with van der Waals surface area (Å²) in [6.45, 7) is 1.99. The van der Waals surface area contributed by atoms with Crippen molar-refractivity contribution in [2.45, 2.75) is 13.2 Å². The highest BCUT2D eigenvalue weighted by Gasteiger charge is 2.41. The molecule has 2 aromatic rings. The van der Waals surface area contributed by atoms with Crippen LogP contribution in [-0.4, -0.2) is 6.09 Å². The molecule has 3 heteroatoms. The number of cyclic esters (lactones) is 1. The zero-order valence-corrected chi connectivity index (χ0v) is 10.0. The molecule has 1 unspecified atom stereocenters. The number of ether oxygens (including phenoxy) is 1. The van der Waals surface area contributed by atoms with Crippen LogP contribution >= 0.6 is 0 Å². The summed E-state index contributed by atoms with van der Waals surface area (Å²) in [6, 6.07) is 17.6. The highest BCUT2D eigenvalue weighted by atomic mass is 16.6. The Morgan fingerprint density at radius 3 is 2.33 bits per heavy atom. The summed E-state index contributed by atoms with van der Waals surface area (Å²) < 4.78 is 5.23. The van der Waals surface area contributed by atoms with E-state index in [2.05, 4.69) is 0 Å². The summed E-state index contributed by atoms with van der Waals surface area (Å²) in [7, 11) is 0. The summed E-state index contributed by atoms with van der Waals surface area (Å²) in [4.78, 5) is 13.4. The van der Waals surface area contributed by atoms with Crippen LogP contribution < -0.4 is 4.90 Å². The zero-order chi connectivity index (χ0) is 12.5. The average Bonchev–Trinajstić information content (AvgIpc) is 2.39. The summed E-state index contributed by atoms with van der Waals surface area (Å²) in [5.41, 5.74) is 2.96. The standard InChI is InChI=1S/C15H13NO2/c1-11-7-5-6-10-13(11)16-14(18-15(16)17)12-8-3-2-4-9-12/h2-10,14H,1H3. The molecule has 3 nitrogen and oxygen atoms in total. The van der Waals surface area contributed by atoms with E-state index in [0.717, 1.165) is 16.8 Å². The average molecular weight is 239 g/mol. The van der Waals surface area contributed by atoms with E-state index in [9.17, 15) is 4.79 Å². The van der Waals surface area contributed by atoms with E-state index in [1.54, 1.807) is 4.90 Å². The smallest absolute Gasteiger partial charge is 0.419 e. The molecule has 0 bridgehead atoms. The van der Waals surface area contributed by atoms with Crippen LogP contribution in [0.15, 0.2) is 54.6 Å². The first kappa shape index (κ1) is 10.8. The normalized spacial score (nSPS) is 18.2. The number of benzene rings is 2. The van der Waals surface area contributed by atoms with Crippen molar-refractivity contribution < 1.29 is 9.53 Å². The zero-order valence-electron chi connectivity index (χ0n) is 10.0. The molecule has 2 aromatic carbocycles. The quantitative estimate of drug-likeness (QED) is 0.800. The monoisotopic (exact) mass is 239 g/mol. The van der Waals surface area contributed by atoms with E-state index >= 15 is 0 Å². The van der Waals surface area contributed by atoms with Gasteiger partial charge in [-0.05, 0) is 18.6 Å². The minimum atomic E-state index is -0.306. The fourth-order valence-electron chi connectivity index (χ4n) is 2.14. The van der Waals surface area contributed by atoms with Gasteiger partial charge in [-0.25, -0.2) is 9.69 Å². The first-order valence-electron chi connectivity index (χ1n) is 5.88. The van der Waals surface area contributed by atoms with Gasteiger partial charge < -0.3 is 4.74 Å². The number of aryl methyl sites for hydroxylation is 1. The number of hydrogen-bond acceptors (Lipinski definition) is 2. The van der Waals surface area contributed by atoms with E-state index < -0.39 is 0 Å². The molecule has 1 saturated heterocycles. The summed E-state index contributed by atoms with van der Waals surface area (Å²) in [5, 5.41) is 0. The molecular weight excluding hydrogens is 226 g/mol. The Bertz CT molecular complexity index is 580. The molecule has 0 saturated carbocycles. The molecule has 0 aliphatic carbocycles. The second-order valence-electron chi connectivity index (χ2n) is 4.30. The third kappa shape index (κ3) is 1.64. The molecule has 18 heavy (non-hydrogen) atoms. The van der Waals surface area contributed by atoms with Gasteiger partial charge in [0.1, 0.15) is 0 Å². The predicted molar refractivity (Wildman–Crippen MR) is 69.3 cm³/mol. The van der Waals surface area contributed by atoms with Crippen molar-refractivity contribution in [3.05, 3.63) is 65.7 Å². The van der Waals surface area contributed by atoms with E-state index in [1.165, 1.54) is 0 Å². The van der Waals surface area contributed by atoms with Gasteiger partial charge in [0.2, 0.25) is 6.23 Å². The van der Waals surface area contributed by atoms with Crippen LogP contribution in [0.4, 0.5) is 10.5 Å². The Morgan fingerprint density at radius 1 is 1.00 bits per heavy atom. The molecule has 0 spiro atoms. The molecule has 1 heterocycles. The highest BCUT2D eigenvalue weighted by Crippen LogP contribution is 2.38. The van der Waals surface area contributed by atoms with E-state index in [-0.39, 0.29) is 12.3 Å². The third-order valence-electron chi connectivity index (χ3n) is 3.10. The molecule has 1 atom stereocenters. The van der Waals surface area contributed by atoms with Gasteiger partial charge in [0.05, 0.1) is 5.69 Å². The number of para-hydroxylation sites is 1. The lowest BCUT2D eigenvalue weighted by atomic mass is 10.1. The maximum Gasteiger partial charge on any atom is 0.419 e. The van der Waals surface area contributed by atoms with E-state index in [4.69, 9.17) is 4.74 Å². The van der Waals surface area contributed by atoms with Crippen molar-refractivity contribution in [3.63, 3.8) is 0 Å². The van der Waals surface area contributed by atoms with Crippen LogP contribution in [0.2, 0.25) is 0 Å². The number of amides is 1. The predicted octanol–water partition coefficient (Wildman–Crippen LogP) is 3.65. The summed E-state index contributed by atoms with van der Waals surface area (Å²) in [5.74, 6) is 0. The number of rotatable bonds is 2. The van der Waals surface area contributed by atoms with Crippen molar-refractivity contribution in [2.75, 3.05) is 4.90 Å². The second kappa shape index (κ2) is 4.18. The van der Waals surface area contributed by atoms with Crippen LogP contribution in [0.25, 0.3) is 0 Å². The number of nitrogens with zero attached hydrogens (tertiary/aromatic N) is 1. The van der Waals surface area contributed by atoms with Gasteiger partial charge in [-0.1, -0.05) is 48.5 Å². The first-order valence-corrected chi connectivity index (χ1v) is 5.88. The number of carbonyl (C=O) groups is 1. The lowest BCUT2D eigenvalue weighted by Gasteiger charge is -2.40. The Kier molecular flexibility index (Phi) is 2.52. The van der Waals surface area contributed by atoms with Crippen LogP contribution in [0.1, 0.15) is 17.4 Å². The van der Waals surface area contributed by atoms with Crippen molar-refractivity contribution in [1.82, 2.24) is 0 Å². The fraction of sp³-hybridized carbons (Fsp3) is 0.133. The maximum atomic E-state index is 11.7. The number of anilines is 1. The Morgan fingerprint density at radius 2 is 1.67 bits per heavy atom. The van der Waals surface area contributed by atoms with Crippen molar-refractivity contribution in [3.8, 4) is 0 Å². The van der Waals surface area contributed by atoms with Gasteiger partial charge in [0.15, 0.2) is 0 Å². The van der Waals surface area contributed by atoms with Crippen LogP contribution in [0.3, 0.4) is 0 Å². The molecule has 0 aromatic heterocycles. The molecule has 1 aliphatic heterocycles. The Hall–Kier alpha value is -2.29. The first-order chi connectivity index (χ1) is 8.77. The van der Waals surface area contributed by atoms with Gasteiger partial charge in [-0.2, -0.15) is 0 Å². The van der Waals surface area contributed by atoms with Crippen molar-refractivity contribution in [1.29, 1.82) is 0 Å². The molecule has 1 aliphatic rings.